The average Bonchev–Trinajstić information content (AvgIpc) is 2.89. The Hall–Kier alpha value is -1.47. The Bertz CT molecular complexity index is 499. The summed E-state index contributed by atoms with van der Waals surface area (Å²) in [6.45, 7) is 0.858. The number of nitro groups is 1. The molecule has 6 nitrogen and oxygen atoms in total. The second-order valence-corrected chi connectivity index (χ2v) is 5.01. The van der Waals surface area contributed by atoms with Gasteiger partial charge >= 0.3 is 5.97 Å². The maximum atomic E-state index is 11.9. The zero-order valence-corrected chi connectivity index (χ0v) is 11.6. The van der Waals surface area contributed by atoms with E-state index in [0.717, 1.165) is 12.8 Å². The quantitative estimate of drug-likeness (QED) is 0.482. The molecule has 1 aromatic carbocycles. The molecule has 1 fully saturated rings. The molecule has 102 valence electrons. The van der Waals surface area contributed by atoms with Crippen molar-refractivity contribution in [1.29, 1.82) is 0 Å². The molecule has 0 spiro atoms. The van der Waals surface area contributed by atoms with Crippen LogP contribution in [0.5, 0.6) is 0 Å². The first-order valence-electron chi connectivity index (χ1n) is 5.80. The number of carbonyl (C=O) groups excluding carboxylic acids is 1. The van der Waals surface area contributed by atoms with Crippen molar-refractivity contribution >= 4 is 27.6 Å². The molecule has 0 aromatic heterocycles. The number of hydrogen-bond acceptors (Lipinski definition) is 5. The lowest BCUT2D eigenvalue weighted by Gasteiger charge is -2.10. The first-order valence-corrected chi connectivity index (χ1v) is 6.60. The molecule has 0 radical (unpaired) electrons. The summed E-state index contributed by atoms with van der Waals surface area (Å²) >= 11 is 3.18. The Morgan fingerprint density at radius 3 is 3.00 bits per heavy atom. The molecule has 1 unspecified atom stereocenters. The molecular formula is C12H12BrNO5. The van der Waals surface area contributed by atoms with E-state index in [0.29, 0.717) is 11.1 Å². The molecular weight excluding hydrogens is 318 g/mol. The number of benzene rings is 1. The molecule has 1 aromatic rings. The Labute approximate surface area is 118 Å². The minimum absolute atomic E-state index is 0.0681. The molecule has 1 aliphatic rings. The molecule has 0 amide bonds. The van der Waals surface area contributed by atoms with E-state index in [4.69, 9.17) is 9.47 Å². The van der Waals surface area contributed by atoms with Gasteiger partial charge < -0.3 is 9.47 Å². The first-order chi connectivity index (χ1) is 9.08. The van der Waals surface area contributed by atoms with Crippen LogP contribution < -0.4 is 0 Å². The van der Waals surface area contributed by atoms with Gasteiger partial charge in [0.25, 0.3) is 5.69 Å². The van der Waals surface area contributed by atoms with Gasteiger partial charge in [0.05, 0.1) is 16.6 Å². The van der Waals surface area contributed by atoms with Gasteiger partial charge in [0.1, 0.15) is 6.61 Å². The third-order valence-corrected chi connectivity index (χ3v) is 3.50. The van der Waals surface area contributed by atoms with Crippen molar-refractivity contribution in [2.75, 3.05) is 13.2 Å². The third kappa shape index (κ3) is 3.51. The van der Waals surface area contributed by atoms with Gasteiger partial charge in [-0.15, -0.1) is 0 Å². The van der Waals surface area contributed by atoms with Crippen molar-refractivity contribution in [1.82, 2.24) is 0 Å². The van der Waals surface area contributed by atoms with Crippen LogP contribution >= 0.6 is 15.9 Å². The topological polar surface area (TPSA) is 78.7 Å². The summed E-state index contributed by atoms with van der Waals surface area (Å²) in [5, 5.41) is 10.7. The van der Waals surface area contributed by atoms with E-state index in [1.54, 1.807) is 0 Å². The first kappa shape index (κ1) is 14.0. The molecule has 0 saturated carbocycles. The van der Waals surface area contributed by atoms with Crippen LogP contribution in [0.2, 0.25) is 0 Å². The molecule has 7 heteroatoms. The van der Waals surface area contributed by atoms with Crippen molar-refractivity contribution in [2.24, 2.45) is 0 Å². The smallest absolute Gasteiger partial charge is 0.339 e. The fraction of sp³-hybridized carbons (Fsp3) is 0.417. The summed E-state index contributed by atoms with van der Waals surface area (Å²) in [5.74, 6) is -0.592. The van der Waals surface area contributed by atoms with Crippen LogP contribution in [0.4, 0.5) is 5.69 Å². The minimum Gasteiger partial charge on any atom is -0.459 e. The Balaban J connectivity index is 2.04. The fourth-order valence-electron chi connectivity index (χ4n) is 1.81. The summed E-state index contributed by atoms with van der Waals surface area (Å²) in [5.41, 5.74) is -0.000497. The Morgan fingerprint density at radius 1 is 1.58 bits per heavy atom. The summed E-state index contributed by atoms with van der Waals surface area (Å²) in [7, 11) is 0. The van der Waals surface area contributed by atoms with Crippen LogP contribution in [0.3, 0.4) is 0 Å². The van der Waals surface area contributed by atoms with E-state index in [1.807, 2.05) is 0 Å². The number of non-ortho nitro benzene ring substituents is 1. The number of halogens is 1. The molecule has 0 N–H and O–H groups in total. The average molecular weight is 330 g/mol. The number of nitrogens with zero attached hydrogens (tertiary/aromatic N) is 1. The second kappa shape index (κ2) is 6.12. The maximum absolute atomic E-state index is 11.9. The highest BCUT2D eigenvalue weighted by atomic mass is 79.9. The highest BCUT2D eigenvalue weighted by Gasteiger charge is 2.20. The van der Waals surface area contributed by atoms with Crippen molar-refractivity contribution < 1.29 is 19.2 Å². The molecule has 1 aliphatic heterocycles. The van der Waals surface area contributed by atoms with E-state index in [9.17, 15) is 14.9 Å². The third-order valence-electron chi connectivity index (χ3n) is 2.80. The van der Waals surface area contributed by atoms with E-state index in [2.05, 4.69) is 15.9 Å². The molecule has 1 atom stereocenters. The normalized spacial score (nSPS) is 18.3. The number of nitro benzene ring substituents is 1. The number of rotatable bonds is 4. The second-order valence-electron chi connectivity index (χ2n) is 4.15. The van der Waals surface area contributed by atoms with Gasteiger partial charge in [-0.25, -0.2) is 4.79 Å². The van der Waals surface area contributed by atoms with Crippen molar-refractivity contribution in [3.63, 3.8) is 0 Å². The SMILES string of the molecule is O=C(OCC1CCCO1)c1cc([N+](=O)[O-])ccc1Br. The lowest BCUT2D eigenvalue weighted by Crippen LogP contribution is -2.18. The van der Waals surface area contributed by atoms with Gasteiger partial charge in [0.2, 0.25) is 0 Å². The molecule has 2 rings (SSSR count). The van der Waals surface area contributed by atoms with Crippen LogP contribution in [0.1, 0.15) is 23.2 Å². The minimum atomic E-state index is -0.592. The summed E-state index contributed by atoms with van der Waals surface area (Å²) in [6.07, 6.45) is 1.76. The van der Waals surface area contributed by atoms with Crippen LogP contribution in [0.15, 0.2) is 22.7 Å². The number of esters is 1. The highest BCUT2D eigenvalue weighted by Crippen LogP contribution is 2.23. The maximum Gasteiger partial charge on any atom is 0.339 e. The number of ether oxygens (including phenoxy) is 2. The van der Waals surface area contributed by atoms with Crippen LogP contribution in [-0.2, 0) is 9.47 Å². The standard InChI is InChI=1S/C12H12BrNO5/c13-11-4-3-8(14(16)17)6-10(11)12(15)19-7-9-2-1-5-18-9/h3-4,6,9H,1-2,5,7H2. The van der Waals surface area contributed by atoms with Crippen molar-refractivity contribution in [3.8, 4) is 0 Å². The van der Waals surface area contributed by atoms with E-state index in [-0.39, 0.29) is 24.0 Å². The predicted octanol–water partition coefficient (Wildman–Crippen LogP) is 2.69. The van der Waals surface area contributed by atoms with Crippen molar-refractivity contribution in [3.05, 3.63) is 38.3 Å². The van der Waals surface area contributed by atoms with Crippen LogP contribution in [-0.4, -0.2) is 30.2 Å². The summed E-state index contributed by atoms with van der Waals surface area (Å²) in [4.78, 5) is 22.0. The largest absolute Gasteiger partial charge is 0.459 e. The molecule has 1 heterocycles. The lowest BCUT2D eigenvalue weighted by molar-refractivity contribution is -0.384. The fourth-order valence-corrected chi connectivity index (χ4v) is 2.21. The van der Waals surface area contributed by atoms with Crippen LogP contribution in [0.25, 0.3) is 0 Å². The summed E-state index contributed by atoms with van der Waals surface area (Å²) in [6, 6.07) is 3.98. The van der Waals surface area contributed by atoms with E-state index in [1.165, 1.54) is 18.2 Å². The Morgan fingerprint density at radius 2 is 2.37 bits per heavy atom. The van der Waals surface area contributed by atoms with E-state index < -0.39 is 10.9 Å². The zero-order chi connectivity index (χ0) is 13.8. The van der Waals surface area contributed by atoms with Gasteiger partial charge in [-0.1, -0.05) is 0 Å². The van der Waals surface area contributed by atoms with Gasteiger partial charge in [-0.3, -0.25) is 10.1 Å². The number of carbonyl (C=O) groups is 1. The van der Waals surface area contributed by atoms with Gasteiger partial charge in [0.15, 0.2) is 0 Å². The molecule has 19 heavy (non-hydrogen) atoms. The van der Waals surface area contributed by atoms with Gasteiger partial charge in [-0.2, -0.15) is 0 Å². The highest BCUT2D eigenvalue weighted by molar-refractivity contribution is 9.10. The lowest BCUT2D eigenvalue weighted by atomic mass is 10.2. The van der Waals surface area contributed by atoms with Crippen LogP contribution in [0, 0.1) is 10.1 Å². The predicted molar refractivity (Wildman–Crippen MR) is 70.1 cm³/mol. The van der Waals surface area contributed by atoms with Crippen molar-refractivity contribution in [2.45, 2.75) is 18.9 Å². The van der Waals surface area contributed by atoms with Gasteiger partial charge in [0, 0.05) is 23.2 Å². The molecule has 1 saturated heterocycles. The van der Waals surface area contributed by atoms with E-state index >= 15 is 0 Å². The Kier molecular flexibility index (Phi) is 4.49. The zero-order valence-electron chi connectivity index (χ0n) is 10.0. The molecule has 0 bridgehead atoms. The number of hydrogen-bond donors (Lipinski definition) is 0. The summed E-state index contributed by atoms with van der Waals surface area (Å²) < 4.78 is 10.9. The van der Waals surface area contributed by atoms with Gasteiger partial charge in [-0.05, 0) is 34.8 Å². The molecule has 0 aliphatic carbocycles. The monoisotopic (exact) mass is 329 g/mol.